The first kappa shape index (κ1) is 11.9. The lowest BCUT2D eigenvalue weighted by Gasteiger charge is -2.20. The Kier molecular flexibility index (Phi) is 3.46. The van der Waals surface area contributed by atoms with Crippen LogP contribution in [0.2, 0.25) is 0 Å². The van der Waals surface area contributed by atoms with Gasteiger partial charge in [0, 0.05) is 25.1 Å². The minimum absolute atomic E-state index is 0.344. The molecule has 2 nitrogen and oxygen atoms in total. The van der Waals surface area contributed by atoms with Crippen LogP contribution in [-0.4, -0.2) is 5.78 Å². The molecule has 0 unspecified atom stereocenters. The molecular formula is C16H21NO. The van der Waals surface area contributed by atoms with Crippen molar-refractivity contribution in [2.24, 2.45) is 5.92 Å². The van der Waals surface area contributed by atoms with Gasteiger partial charge in [-0.3, -0.25) is 4.79 Å². The Labute approximate surface area is 109 Å². The normalized spacial score (nSPS) is 19.8. The number of carbonyl (C=O) groups is 1. The molecule has 0 spiro atoms. The van der Waals surface area contributed by atoms with Crippen LogP contribution in [0.15, 0.2) is 18.2 Å². The minimum Gasteiger partial charge on any atom is -0.309 e. The summed E-state index contributed by atoms with van der Waals surface area (Å²) in [6.07, 6.45) is 7.23. The van der Waals surface area contributed by atoms with Gasteiger partial charge < -0.3 is 5.32 Å². The van der Waals surface area contributed by atoms with Crippen LogP contribution in [0.1, 0.15) is 60.0 Å². The predicted octanol–water partition coefficient (Wildman–Crippen LogP) is 3.44. The molecule has 0 atom stereocenters. The first-order valence-electron chi connectivity index (χ1n) is 7.18. The Morgan fingerprint density at radius 3 is 2.72 bits per heavy atom. The van der Waals surface area contributed by atoms with Crippen LogP contribution < -0.4 is 5.32 Å². The van der Waals surface area contributed by atoms with Gasteiger partial charge in [-0.2, -0.15) is 0 Å². The number of hydrogen-bond acceptors (Lipinski definition) is 2. The predicted molar refractivity (Wildman–Crippen MR) is 72.5 cm³/mol. The highest BCUT2D eigenvalue weighted by Crippen LogP contribution is 2.28. The summed E-state index contributed by atoms with van der Waals surface area (Å²) >= 11 is 0. The quantitative estimate of drug-likeness (QED) is 0.824. The van der Waals surface area contributed by atoms with Crippen LogP contribution in [0, 0.1) is 5.92 Å². The summed E-state index contributed by atoms with van der Waals surface area (Å²) in [6, 6.07) is 6.22. The highest BCUT2D eigenvalue weighted by molar-refractivity contribution is 5.96. The second-order valence-corrected chi connectivity index (χ2v) is 5.72. The van der Waals surface area contributed by atoms with E-state index in [9.17, 15) is 4.79 Å². The number of carbonyl (C=O) groups excluding carboxylic acids is 1. The SMILES string of the molecule is O=C(CC1CCCCC1)c1ccc2c(c1)CNC2. The Bertz CT molecular complexity index is 446. The molecule has 1 heterocycles. The van der Waals surface area contributed by atoms with Crippen molar-refractivity contribution in [3.8, 4) is 0 Å². The van der Waals surface area contributed by atoms with Crippen molar-refractivity contribution in [1.82, 2.24) is 5.32 Å². The number of ketones is 1. The van der Waals surface area contributed by atoms with Gasteiger partial charge >= 0.3 is 0 Å². The van der Waals surface area contributed by atoms with Gasteiger partial charge in [0.15, 0.2) is 5.78 Å². The molecule has 3 rings (SSSR count). The van der Waals surface area contributed by atoms with Crippen LogP contribution in [0.25, 0.3) is 0 Å². The highest BCUT2D eigenvalue weighted by Gasteiger charge is 2.19. The van der Waals surface area contributed by atoms with E-state index in [4.69, 9.17) is 0 Å². The van der Waals surface area contributed by atoms with E-state index >= 15 is 0 Å². The molecule has 0 aromatic heterocycles. The topological polar surface area (TPSA) is 29.1 Å². The Morgan fingerprint density at radius 1 is 1.11 bits per heavy atom. The molecular weight excluding hydrogens is 222 g/mol. The van der Waals surface area contributed by atoms with Crippen LogP contribution >= 0.6 is 0 Å². The van der Waals surface area contributed by atoms with Gasteiger partial charge in [0.1, 0.15) is 0 Å². The van der Waals surface area contributed by atoms with Gasteiger partial charge in [0.05, 0.1) is 0 Å². The third-order valence-corrected chi connectivity index (χ3v) is 4.36. The fourth-order valence-electron chi connectivity index (χ4n) is 3.24. The highest BCUT2D eigenvalue weighted by atomic mass is 16.1. The number of fused-ring (bicyclic) bond motifs is 1. The fourth-order valence-corrected chi connectivity index (χ4v) is 3.24. The van der Waals surface area contributed by atoms with Crippen molar-refractivity contribution in [3.05, 3.63) is 34.9 Å². The molecule has 1 fully saturated rings. The van der Waals surface area contributed by atoms with E-state index < -0.39 is 0 Å². The van der Waals surface area contributed by atoms with Crippen LogP contribution in [0.5, 0.6) is 0 Å². The van der Waals surface area contributed by atoms with Crippen molar-refractivity contribution in [3.63, 3.8) is 0 Å². The summed E-state index contributed by atoms with van der Waals surface area (Å²) in [4.78, 5) is 12.3. The zero-order chi connectivity index (χ0) is 12.4. The van der Waals surface area contributed by atoms with E-state index in [1.807, 2.05) is 6.07 Å². The average molecular weight is 243 g/mol. The minimum atomic E-state index is 0.344. The lowest BCUT2D eigenvalue weighted by Crippen LogP contribution is -2.12. The van der Waals surface area contributed by atoms with E-state index in [2.05, 4.69) is 17.4 Å². The van der Waals surface area contributed by atoms with Gasteiger partial charge in [-0.25, -0.2) is 0 Å². The maximum atomic E-state index is 12.3. The van der Waals surface area contributed by atoms with E-state index in [-0.39, 0.29) is 0 Å². The standard InChI is InChI=1S/C16H21NO/c18-16(8-12-4-2-1-3-5-12)13-6-7-14-10-17-11-15(14)9-13/h6-7,9,12,17H,1-5,8,10-11H2. The summed E-state index contributed by atoms with van der Waals surface area (Å²) in [5, 5.41) is 3.32. The lowest BCUT2D eigenvalue weighted by atomic mass is 9.84. The number of nitrogens with one attached hydrogen (secondary N) is 1. The van der Waals surface area contributed by atoms with Crippen molar-refractivity contribution < 1.29 is 4.79 Å². The third kappa shape index (κ3) is 2.49. The smallest absolute Gasteiger partial charge is 0.163 e. The van der Waals surface area contributed by atoms with E-state index in [0.717, 1.165) is 25.1 Å². The number of hydrogen-bond donors (Lipinski definition) is 1. The summed E-state index contributed by atoms with van der Waals surface area (Å²) < 4.78 is 0. The monoisotopic (exact) mass is 243 g/mol. The molecule has 1 aliphatic carbocycles. The number of rotatable bonds is 3. The van der Waals surface area contributed by atoms with Gasteiger partial charge in [-0.05, 0) is 23.1 Å². The molecule has 1 N–H and O–H groups in total. The zero-order valence-electron chi connectivity index (χ0n) is 10.9. The van der Waals surface area contributed by atoms with Crippen LogP contribution in [-0.2, 0) is 13.1 Å². The molecule has 0 amide bonds. The van der Waals surface area contributed by atoms with Gasteiger partial charge in [0.25, 0.3) is 0 Å². The summed E-state index contributed by atoms with van der Waals surface area (Å²) in [5.41, 5.74) is 3.58. The molecule has 1 saturated carbocycles. The van der Waals surface area contributed by atoms with E-state index in [1.54, 1.807) is 0 Å². The fraction of sp³-hybridized carbons (Fsp3) is 0.562. The zero-order valence-corrected chi connectivity index (χ0v) is 10.9. The molecule has 96 valence electrons. The lowest BCUT2D eigenvalue weighted by molar-refractivity contribution is 0.0950. The number of Topliss-reactive ketones (excluding diaryl/α,β-unsaturated/α-hetero) is 1. The Hall–Kier alpha value is -1.15. The average Bonchev–Trinajstić information content (AvgIpc) is 2.87. The van der Waals surface area contributed by atoms with Crippen molar-refractivity contribution >= 4 is 5.78 Å². The number of benzene rings is 1. The van der Waals surface area contributed by atoms with Gasteiger partial charge in [-0.1, -0.05) is 44.2 Å². The summed E-state index contributed by atoms with van der Waals surface area (Å²) in [5.74, 6) is 0.981. The molecule has 0 bridgehead atoms. The second-order valence-electron chi connectivity index (χ2n) is 5.72. The largest absolute Gasteiger partial charge is 0.309 e. The molecule has 1 aliphatic heterocycles. The first-order valence-corrected chi connectivity index (χ1v) is 7.18. The Morgan fingerprint density at radius 2 is 1.89 bits per heavy atom. The van der Waals surface area contributed by atoms with Gasteiger partial charge in [-0.15, -0.1) is 0 Å². The van der Waals surface area contributed by atoms with Crippen molar-refractivity contribution in [2.75, 3.05) is 0 Å². The van der Waals surface area contributed by atoms with E-state index in [1.165, 1.54) is 43.2 Å². The van der Waals surface area contributed by atoms with Crippen LogP contribution in [0.3, 0.4) is 0 Å². The molecule has 1 aromatic carbocycles. The molecule has 2 aliphatic rings. The molecule has 2 heteroatoms. The van der Waals surface area contributed by atoms with Crippen LogP contribution in [0.4, 0.5) is 0 Å². The second kappa shape index (κ2) is 5.23. The van der Waals surface area contributed by atoms with E-state index in [0.29, 0.717) is 11.7 Å². The third-order valence-electron chi connectivity index (χ3n) is 4.36. The van der Waals surface area contributed by atoms with Crippen molar-refractivity contribution in [2.45, 2.75) is 51.6 Å². The maximum Gasteiger partial charge on any atom is 0.163 e. The molecule has 0 radical (unpaired) electrons. The van der Waals surface area contributed by atoms with Crippen molar-refractivity contribution in [1.29, 1.82) is 0 Å². The maximum absolute atomic E-state index is 12.3. The first-order chi connectivity index (χ1) is 8.83. The Balaban J connectivity index is 1.68. The summed E-state index contributed by atoms with van der Waals surface area (Å²) in [7, 11) is 0. The molecule has 0 saturated heterocycles. The van der Waals surface area contributed by atoms with Gasteiger partial charge in [0.2, 0.25) is 0 Å². The molecule has 18 heavy (non-hydrogen) atoms. The molecule has 1 aromatic rings. The summed E-state index contributed by atoms with van der Waals surface area (Å²) in [6.45, 7) is 1.87.